The van der Waals surface area contributed by atoms with Crippen molar-refractivity contribution >= 4 is 43.4 Å². The number of nitrogens with zero attached hydrogens (tertiary/aromatic N) is 2. The Balaban J connectivity index is 0.832. The third kappa shape index (κ3) is 13.4. The molecule has 0 atom stereocenters. The van der Waals surface area contributed by atoms with E-state index in [-0.39, 0.29) is 0 Å². The molecule has 0 saturated heterocycles. The summed E-state index contributed by atoms with van der Waals surface area (Å²) in [5.41, 5.74) is 4.84. The first-order chi connectivity index (χ1) is 21.9. The summed E-state index contributed by atoms with van der Waals surface area (Å²) >= 11 is 0. The summed E-state index contributed by atoms with van der Waals surface area (Å²) in [6, 6.07) is 21.0. The molecule has 0 aliphatic rings. The van der Waals surface area contributed by atoms with E-state index in [4.69, 9.17) is 0 Å². The third-order valence-electron chi connectivity index (χ3n) is 7.83. The van der Waals surface area contributed by atoms with E-state index in [0.717, 1.165) is 63.4 Å². The van der Waals surface area contributed by atoms with Gasteiger partial charge in [0, 0.05) is 60.9 Å². The molecule has 0 aliphatic heterocycles. The van der Waals surface area contributed by atoms with Crippen molar-refractivity contribution in [1.29, 1.82) is 0 Å². The highest BCUT2D eigenvalue weighted by Crippen LogP contribution is 2.19. The smallest absolute Gasteiger partial charge is 0.0705 e. The second kappa shape index (κ2) is 22.3. The van der Waals surface area contributed by atoms with Gasteiger partial charge in [-0.2, -0.15) is 0 Å². The van der Waals surface area contributed by atoms with Crippen LogP contribution in [0.5, 0.6) is 0 Å². The molecule has 0 aliphatic carbocycles. The monoisotopic (exact) mass is 632 g/mol. The summed E-state index contributed by atoms with van der Waals surface area (Å²) < 4.78 is 0. The van der Waals surface area contributed by atoms with Gasteiger partial charge in [0.1, 0.15) is 0 Å². The molecule has 44 heavy (non-hydrogen) atoms. The fourth-order valence-corrected chi connectivity index (χ4v) is 7.27. The molecule has 2 aromatic heterocycles. The predicted molar refractivity (Wildman–Crippen MR) is 194 cm³/mol. The Morgan fingerprint density at radius 1 is 0.432 bits per heavy atom. The van der Waals surface area contributed by atoms with Crippen LogP contribution in [0.4, 0.5) is 0 Å². The normalized spacial score (nSPS) is 11.5. The van der Waals surface area contributed by atoms with Gasteiger partial charge >= 0.3 is 0 Å². The van der Waals surface area contributed by atoms with E-state index in [0.29, 0.717) is 0 Å². The van der Waals surface area contributed by atoms with E-state index in [1.54, 1.807) is 0 Å². The van der Waals surface area contributed by atoms with Gasteiger partial charge in [-0.1, -0.05) is 83.7 Å². The summed E-state index contributed by atoms with van der Waals surface area (Å²) in [5, 5.41) is 16.9. The topological polar surface area (TPSA) is 73.9 Å². The zero-order valence-corrected chi connectivity index (χ0v) is 28.0. The van der Waals surface area contributed by atoms with Crippen LogP contribution in [0.3, 0.4) is 0 Å². The first-order valence-corrected chi connectivity index (χ1v) is 19.1. The standard InChI is InChI=1S/C36H52N6S2/c1(3-11-21-39-29-31-17-23-41-35-15-7-5-13-33(31)35)9-19-37-25-27-43-44-28-26-38-20-10-2-4-12-22-40-30-32-18-24-42-36-16-8-6-14-34(32)36/h5-8,13-18,23-24,37-40H,1-4,9-12,19-22,25-30H2. The first kappa shape index (κ1) is 34.7. The molecular formula is C36H52N6S2. The SMILES string of the molecule is c1ccc2c(CNCCCCCCNCCSSCCNCCCCCCNCc3ccnc4ccccc34)ccnc2c1. The van der Waals surface area contributed by atoms with Crippen molar-refractivity contribution in [3.63, 3.8) is 0 Å². The molecule has 4 N–H and O–H groups in total. The summed E-state index contributed by atoms with van der Waals surface area (Å²) in [6.45, 7) is 8.50. The number of benzene rings is 2. The summed E-state index contributed by atoms with van der Waals surface area (Å²) in [5.74, 6) is 2.37. The van der Waals surface area contributed by atoms with Crippen molar-refractivity contribution in [2.45, 2.75) is 64.5 Å². The second-order valence-electron chi connectivity index (χ2n) is 11.3. The average molecular weight is 633 g/mol. The van der Waals surface area contributed by atoms with E-state index in [1.165, 1.54) is 84.8 Å². The maximum Gasteiger partial charge on any atom is 0.0705 e. The fraction of sp³-hybridized carbons (Fsp3) is 0.500. The number of aromatic nitrogens is 2. The minimum atomic E-state index is 0.918. The van der Waals surface area contributed by atoms with Crippen LogP contribution in [0.1, 0.15) is 62.5 Å². The third-order valence-corrected chi connectivity index (χ3v) is 10.2. The molecule has 0 spiro atoms. The number of hydrogen-bond acceptors (Lipinski definition) is 8. The Morgan fingerprint density at radius 3 is 1.30 bits per heavy atom. The van der Waals surface area contributed by atoms with Crippen LogP contribution in [0.15, 0.2) is 73.1 Å². The van der Waals surface area contributed by atoms with Crippen LogP contribution in [-0.2, 0) is 13.1 Å². The van der Waals surface area contributed by atoms with Gasteiger partial charge in [-0.15, -0.1) is 0 Å². The van der Waals surface area contributed by atoms with E-state index in [9.17, 15) is 0 Å². The number of rotatable bonds is 25. The van der Waals surface area contributed by atoms with Crippen molar-refractivity contribution in [2.75, 3.05) is 50.8 Å². The molecular weight excluding hydrogens is 581 g/mol. The number of nitrogens with one attached hydrogen (secondary N) is 4. The largest absolute Gasteiger partial charge is 0.316 e. The lowest BCUT2D eigenvalue weighted by atomic mass is 10.1. The molecule has 4 rings (SSSR count). The summed E-state index contributed by atoms with van der Waals surface area (Å²) in [4.78, 5) is 8.90. The Bertz CT molecular complexity index is 1210. The molecule has 6 nitrogen and oxygen atoms in total. The molecule has 0 fully saturated rings. The molecule has 238 valence electrons. The van der Waals surface area contributed by atoms with Crippen LogP contribution in [0, 0.1) is 0 Å². The van der Waals surface area contributed by atoms with Crippen LogP contribution in [0.25, 0.3) is 21.8 Å². The van der Waals surface area contributed by atoms with Gasteiger partial charge in [0.2, 0.25) is 0 Å². The van der Waals surface area contributed by atoms with E-state index in [2.05, 4.69) is 91.9 Å². The molecule has 0 unspecified atom stereocenters. The molecule has 8 heteroatoms. The Labute approximate surface area is 273 Å². The van der Waals surface area contributed by atoms with Crippen LogP contribution >= 0.6 is 21.6 Å². The predicted octanol–water partition coefficient (Wildman–Crippen LogP) is 7.34. The van der Waals surface area contributed by atoms with Gasteiger partial charge < -0.3 is 21.3 Å². The molecule has 0 bridgehead atoms. The van der Waals surface area contributed by atoms with E-state index >= 15 is 0 Å². The highest BCUT2D eigenvalue weighted by Gasteiger charge is 2.02. The van der Waals surface area contributed by atoms with E-state index < -0.39 is 0 Å². The highest BCUT2D eigenvalue weighted by atomic mass is 33.1. The number of fused-ring (bicyclic) bond motifs is 2. The number of para-hydroxylation sites is 2. The van der Waals surface area contributed by atoms with Crippen molar-refractivity contribution < 1.29 is 0 Å². The van der Waals surface area contributed by atoms with Crippen LogP contribution in [-0.4, -0.2) is 60.7 Å². The Kier molecular flexibility index (Phi) is 17.6. The van der Waals surface area contributed by atoms with Gasteiger partial charge in [-0.25, -0.2) is 0 Å². The lowest BCUT2D eigenvalue weighted by Gasteiger charge is -2.08. The quantitative estimate of drug-likeness (QED) is 0.0447. The molecule has 2 aromatic carbocycles. The van der Waals surface area contributed by atoms with Crippen LogP contribution < -0.4 is 21.3 Å². The minimum Gasteiger partial charge on any atom is -0.316 e. The summed E-state index contributed by atoms with van der Waals surface area (Å²) in [6.07, 6.45) is 14.1. The lowest BCUT2D eigenvalue weighted by Crippen LogP contribution is -2.19. The highest BCUT2D eigenvalue weighted by molar-refractivity contribution is 8.76. The van der Waals surface area contributed by atoms with Crippen LogP contribution in [0.2, 0.25) is 0 Å². The summed E-state index contributed by atoms with van der Waals surface area (Å²) in [7, 11) is 4.00. The number of unbranched alkanes of at least 4 members (excludes halogenated alkanes) is 6. The Morgan fingerprint density at radius 2 is 0.841 bits per heavy atom. The maximum absolute atomic E-state index is 4.45. The van der Waals surface area contributed by atoms with Crippen molar-refractivity contribution in [1.82, 2.24) is 31.2 Å². The first-order valence-electron chi connectivity index (χ1n) is 16.6. The molecule has 4 aromatic rings. The zero-order valence-electron chi connectivity index (χ0n) is 26.4. The molecule has 2 heterocycles. The second-order valence-corrected chi connectivity index (χ2v) is 14.0. The van der Waals surface area contributed by atoms with Gasteiger partial charge in [0.15, 0.2) is 0 Å². The van der Waals surface area contributed by atoms with Crippen molar-refractivity contribution in [2.24, 2.45) is 0 Å². The van der Waals surface area contributed by atoms with Gasteiger partial charge in [-0.05, 0) is 87.3 Å². The Hall–Kier alpha value is -2.20. The number of hydrogen-bond donors (Lipinski definition) is 4. The van der Waals surface area contributed by atoms with E-state index in [1.807, 2.05) is 34.0 Å². The molecule has 0 amide bonds. The molecule has 0 radical (unpaired) electrons. The maximum atomic E-state index is 4.45. The minimum absolute atomic E-state index is 0.918. The van der Waals surface area contributed by atoms with Gasteiger partial charge in [0.25, 0.3) is 0 Å². The fourth-order valence-electron chi connectivity index (χ4n) is 5.37. The number of pyridine rings is 2. The van der Waals surface area contributed by atoms with Gasteiger partial charge in [-0.3, -0.25) is 9.97 Å². The zero-order chi connectivity index (χ0) is 30.3. The molecule has 0 saturated carbocycles. The lowest BCUT2D eigenvalue weighted by molar-refractivity contribution is 0.570. The van der Waals surface area contributed by atoms with Crippen molar-refractivity contribution in [3.05, 3.63) is 84.2 Å². The van der Waals surface area contributed by atoms with Gasteiger partial charge in [0.05, 0.1) is 11.0 Å². The van der Waals surface area contributed by atoms with Crippen molar-refractivity contribution in [3.8, 4) is 0 Å². The average Bonchev–Trinajstić information content (AvgIpc) is 3.06.